The van der Waals surface area contributed by atoms with Gasteiger partial charge >= 0.3 is 0 Å². The summed E-state index contributed by atoms with van der Waals surface area (Å²) in [5.41, 5.74) is 6.50. The Bertz CT molecular complexity index is 383. The van der Waals surface area contributed by atoms with Crippen molar-refractivity contribution in [3.63, 3.8) is 0 Å². The highest BCUT2D eigenvalue weighted by Gasteiger charge is 2.23. The fourth-order valence-electron chi connectivity index (χ4n) is 1.76. The van der Waals surface area contributed by atoms with E-state index in [1.807, 2.05) is 23.6 Å². The normalized spacial score (nSPS) is 21.1. The second kappa shape index (κ2) is 4.67. The van der Waals surface area contributed by atoms with Crippen molar-refractivity contribution < 1.29 is 4.79 Å². The second-order valence-corrected chi connectivity index (χ2v) is 6.86. The SMILES string of the molecule is Cc1sc(C(=O)N2CCSC(C)C2)cc1N. The number of thioether (sulfide) groups is 1. The first-order valence-electron chi connectivity index (χ1n) is 5.34. The van der Waals surface area contributed by atoms with E-state index in [2.05, 4.69) is 6.92 Å². The standard InChI is InChI=1S/C11H16N2OS2/c1-7-6-13(3-4-15-7)11(14)10-5-9(12)8(2)16-10/h5,7H,3-4,6,12H2,1-2H3. The minimum atomic E-state index is 0.136. The van der Waals surface area contributed by atoms with Gasteiger partial charge in [0.1, 0.15) is 0 Å². The van der Waals surface area contributed by atoms with Crippen LogP contribution in [0, 0.1) is 6.92 Å². The summed E-state index contributed by atoms with van der Waals surface area (Å²) in [5, 5.41) is 0.538. The number of anilines is 1. The van der Waals surface area contributed by atoms with E-state index in [1.54, 1.807) is 6.07 Å². The molecular weight excluding hydrogens is 240 g/mol. The van der Waals surface area contributed by atoms with Gasteiger partial charge in [-0.3, -0.25) is 4.79 Å². The van der Waals surface area contributed by atoms with Crippen LogP contribution in [0.3, 0.4) is 0 Å². The minimum absolute atomic E-state index is 0.136. The average molecular weight is 256 g/mol. The number of nitrogens with two attached hydrogens (primary N) is 1. The molecule has 5 heteroatoms. The highest BCUT2D eigenvalue weighted by atomic mass is 32.2. The van der Waals surface area contributed by atoms with Crippen molar-refractivity contribution in [3.05, 3.63) is 15.8 Å². The van der Waals surface area contributed by atoms with Gasteiger partial charge in [-0.25, -0.2) is 0 Å². The van der Waals surface area contributed by atoms with Crippen molar-refractivity contribution in [2.45, 2.75) is 19.1 Å². The summed E-state index contributed by atoms with van der Waals surface area (Å²) in [7, 11) is 0. The third-order valence-corrected chi connectivity index (χ3v) is 4.89. The molecule has 1 fully saturated rings. The topological polar surface area (TPSA) is 46.3 Å². The number of aryl methyl sites for hydroxylation is 1. The number of hydrogen-bond acceptors (Lipinski definition) is 4. The predicted molar refractivity (Wildman–Crippen MR) is 71.3 cm³/mol. The van der Waals surface area contributed by atoms with Crippen molar-refractivity contribution in [3.8, 4) is 0 Å². The second-order valence-electron chi connectivity index (χ2n) is 4.05. The molecule has 1 aromatic rings. The van der Waals surface area contributed by atoms with Crippen LogP contribution in [0.25, 0.3) is 0 Å². The molecule has 3 nitrogen and oxygen atoms in total. The molecule has 1 aliphatic heterocycles. The van der Waals surface area contributed by atoms with Gasteiger partial charge in [0.15, 0.2) is 0 Å². The van der Waals surface area contributed by atoms with Crippen molar-refractivity contribution in [1.29, 1.82) is 0 Å². The molecule has 1 saturated heterocycles. The molecule has 0 aliphatic carbocycles. The molecular formula is C11H16N2OS2. The fourth-order valence-corrected chi connectivity index (χ4v) is 3.68. The number of thiophene rings is 1. The summed E-state index contributed by atoms with van der Waals surface area (Å²) in [6, 6.07) is 1.80. The van der Waals surface area contributed by atoms with Crippen LogP contribution in [0.1, 0.15) is 21.5 Å². The van der Waals surface area contributed by atoms with Crippen LogP contribution in [0.15, 0.2) is 6.07 Å². The van der Waals surface area contributed by atoms with E-state index in [-0.39, 0.29) is 5.91 Å². The Morgan fingerprint density at radius 3 is 2.94 bits per heavy atom. The number of nitrogen functional groups attached to an aromatic ring is 1. The Hall–Kier alpha value is -0.680. The Labute approximate surface area is 104 Å². The largest absolute Gasteiger partial charge is 0.398 e. The maximum Gasteiger partial charge on any atom is 0.264 e. The molecule has 1 unspecified atom stereocenters. The van der Waals surface area contributed by atoms with Gasteiger partial charge in [0.2, 0.25) is 0 Å². The van der Waals surface area contributed by atoms with Gasteiger partial charge in [-0.15, -0.1) is 11.3 Å². The van der Waals surface area contributed by atoms with E-state index < -0.39 is 0 Å². The maximum atomic E-state index is 12.2. The third-order valence-electron chi connectivity index (χ3n) is 2.70. The van der Waals surface area contributed by atoms with Gasteiger partial charge in [0, 0.05) is 34.7 Å². The third kappa shape index (κ3) is 2.35. The van der Waals surface area contributed by atoms with Crippen LogP contribution < -0.4 is 5.73 Å². The number of carbonyl (C=O) groups excluding carboxylic acids is 1. The summed E-state index contributed by atoms with van der Waals surface area (Å²) < 4.78 is 0. The minimum Gasteiger partial charge on any atom is -0.398 e. The zero-order valence-electron chi connectivity index (χ0n) is 9.53. The molecule has 0 bridgehead atoms. The predicted octanol–water partition coefficient (Wildman–Crippen LogP) is 2.22. The first kappa shape index (κ1) is 11.8. The first-order valence-corrected chi connectivity index (χ1v) is 7.21. The van der Waals surface area contributed by atoms with E-state index in [4.69, 9.17) is 5.73 Å². The van der Waals surface area contributed by atoms with Crippen LogP contribution in [-0.4, -0.2) is 34.9 Å². The maximum absolute atomic E-state index is 12.2. The first-order chi connectivity index (χ1) is 7.58. The summed E-state index contributed by atoms with van der Waals surface area (Å²) in [6.07, 6.45) is 0. The molecule has 0 aromatic carbocycles. The number of carbonyl (C=O) groups is 1. The Morgan fingerprint density at radius 1 is 1.62 bits per heavy atom. The smallest absolute Gasteiger partial charge is 0.264 e. The van der Waals surface area contributed by atoms with E-state index in [9.17, 15) is 4.79 Å². The van der Waals surface area contributed by atoms with Gasteiger partial charge in [-0.05, 0) is 13.0 Å². The molecule has 16 heavy (non-hydrogen) atoms. The molecule has 2 N–H and O–H groups in total. The van der Waals surface area contributed by atoms with Crippen LogP contribution in [0.2, 0.25) is 0 Å². The summed E-state index contributed by atoms with van der Waals surface area (Å²) in [4.78, 5) is 15.9. The summed E-state index contributed by atoms with van der Waals surface area (Å²) in [6.45, 7) is 5.81. The number of hydrogen-bond donors (Lipinski definition) is 1. The average Bonchev–Trinajstić information content (AvgIpc) is 2.58. The van der Waals surface area contributed by atoms with Gasteiger partial charge in [0.05, 0.1) is 4.88 Å². The molecule has 1 aromatic heterocycles. The monoisotopic (exact) mass is 256 g/mol. The molecule has 2 heterocycles. The van der Waals surface area contributed by atoms with E-state index in [0.29, 0.717) is 5.25 Å². The van der Waals surface area contributed by atoms with E-state index in [1.165, 1.54) is 11.3 Å². The fraction of sp³-hybridized carbons (Fsp3) is 0.545. The van der Waals surface area contributed by atoms with Gasteiger partial charge in [-0.1, -0.05) is 6.92 Å². The zero-order valence-corrected chi connectivity index (χ0v) is 11.2. The van der Waals surface area contributed by atoms with Crippen LogP contribution >= 0.6 is 23.1 Å². The summed E-state index contributed by atoms with van der Waals surface area (Å²) >= 11 is 3.42. The highest BCUT2D eigenvalue weighted by molar-refractivity contribution is 7.99. The van der Waals surface area contributed by atoms with Crippen LogP contribution in [0.5, 0.6) is 0 Å². The van der Waals surface area contributed by atoms with Crippen molar-refractivity contribution >= 4 is 34.7 Å². The molecule has 2 rings (SSSR count). The molecule has 1 atom stereocenters. The van der Waals surface area contributed by atoms with Gasteiger partial charge in [0.25, 0.3) is 5.91 Å². The molecule has 88 valence electrons. The highest BCUT2D eigenvalue weighted by Crippen LogP contribution is 2.26. The lowest BCUT2D eigenvalue weighted by atomic mass is 10.3. The van der Waals surface area contributed by atoms with Gasteiger partial charge in [-0.2, -0.15) is 11.8 Å². The van der Waals surface area contributed by atoms with E-state index in [0.717, 1.165) is 34.3 Å². The van der Waals surface area contributed by atoms with E-state index >= 15 is 0 Å². The zero-order chi connectivity index (χ0) is 11.7. The number of nitrogens with zero attached hydrogens (tertiary/aromatic N) is 1. The lowest BCUT2D eigenvalue weighted by molar-refractivity contribution is 0.0768. The molecule has 1 aliphatic rings. The van der Waals surface area contributed by atoms with Crippen molar-refractivity contribution in [1.82, 2.24) is 4.90 Å². The lowest BCUT2D eigenvalue weighted by Gasteiger charge is -2.30. The molecule has 0 spiro atoms. The van der Waals surface area contributed by atoms with Crippen LogP contribution in [-0.2, 0) is 0 Å². The Morgan fingerprint density at radius 2 is 2.38 bits per heavy atom. The molecule has 1 amide bonds. The quantitative estimate of drug-likeness (QED) is 0.838. The van der Waals surface area contributed by atoms with Crippen LogP contribution in [0.4, 0.5) is 5.69 Å². The Kier molecular flexibility index (Phi) is 3.44. The Balaban J connectivity index is 2.12. The summed E-state index contributed by atoms with van der Waals surface area (Å²) in [5.74, 6) is 1.17. The lowest BCUT2D eigenvalue weighted by Crippen LogP contribution is -2.40. The number of amides is 1. The number of rotatable bonds is 1. The van der Waals surface area contributed by atoms with Crippen molar-refractivity contribution in [2.24, 2.45) is 0 Å². The molecule has 0 radical (unpaired) electrons. The van der Waals surface area contributed by atoms with Gasteiger partial charge < -0.3 is 10.6 Å². The van der Waals surface area contributed by atoms with Crippen molar-refractivity contribution in [2.75, 3.05) is 24.6 Å². The molecule has 0 saturated carbocycles.